The van der Waals surface area contributed by atoms with Crippen LogP contribution in [0.1, 0.15) is 0 Å². The van der Waals surface area contributed by atoms with Crippen molar-refractivity contribution in [1.29, 1.82) is 0 Å². The van der Waals surface area contributed by atoms with Crippen LogP contribution in [0.3, 0.4) is 0 Å². The van der Waals surface area contributed by atoms with Gasteiger partial charge in [-0.05, 0) is 0 Å². The predicted molar refractivity (Wildman–Crippen MR) is 22.1 cm³/mol. The van der Waals surface area contributed by atoms with Gasteiger partial charge in [-0.3, -0.25) is 0 Å². The Bertz CT molecular complexity index is 15.5. The average Bonchev–Trinajstić information content (AvgIpc) is 0.918. The number of hydrogen-bond acceptors (Lipinski definition) is 1. The van der Waals surface area contributed by atoms with Gasteiger partial charge in [0.05, 0.1) is 0 Å². The molecule has 0 amide bonds. The molecule has 0 bridgehead atoms. The summed E-state index contributed by atoms with van der Waals surface area (Å²) in [5.74, 6) is 0. The normalized spacial score (nSPS) is 2.00. The first-order chi connectivity index (χ1) is 1.41. The third-order valence-corrected chi connectivity index (χ3v) is 0. The molecule has 0 aliphatic carbocycles. The third-order valence-electron chi connectivity index (χ3n) is 0. The molecule has 0 saturated carbocycles. The van der Waals surface area contributed by atoms with Crippen LogP contribution in [0, 0.1) is 0 Å². The van der Waals surface area contributed by atoms with E-state index in [1.54, 1.807) is 6.62 Å². The number of hydrogen-bond donors (Lipinski definition) is 0. The molecule has 4 heteroatoms. The molecule has 0 saturated heterocycles. The summed E-state index contributed by atoms with van der Waals surface area (Å²) in [5.41, 5.74) is 0. The van der Waals surface area contributed by atoms with Crippen LogP contribution in [0.4, 0.5) is 0 Å². The zero-order chi connectivity index (χ0) is 2.71. The van der Waals surface area contributed by atoms with Crippen LogP contribution in [0.2, 0.25) is 0 Å². The molecule has 0 atom stereocenters. The van der Waals surface area contributed by atoms with E-state index < -0.39 is 15.0 Å². The summed E-state index contributed by atoms with van der Waals surface area (Å²) in [6.07, 6.45) is 0. The van der Waals surface area contributed by atoms with Crippen molar-refractivity contribution in [2.24, 2.45) is 0 Å². The molecule has 1 nitrogen and oxygen atoms in total. The van der Waals surface area contributed by atoms with E-state index in [0.717, 1.165) is 0 Å². The molecule has 4 heavy (non-hydrogen) atoms. The molecule has 0 aromatic heterocycles. The summed E-state index contributed by atoms with van der Waals surface area (Å²) < 4.78 is 9.01. The minimum absolute atomic E-state index is 0. The zero-order valence-electron chi connectivity index (χ0n) is 1.99. The van der Waals surface area contributed by atoms with Crippen molar-refractivity contribution in [3.05, 3.63) is 0 Å². The summed E-state index contributed by atoms with van der Waals surface area (Å²) >= 11 is -0.500. The van der Waals surface area contributed by atoms with Crippen molar-refractivity contribution in [2.75, 3.05) is 0 Å². The van der Waals surface area contributed by atoms with Gasteiger partial charge in [0.1, 0.15) is 0 Å². The molecule has 0 rings (SSSR count). The van der Waals surface area contributed by atoms with E-state index in [4.69, 9.17) is 3.80 Å². The Morgan fingerprint density at radius 1 is 1.75 bits per heavy atom. The Balaban J connectivity index is 0. The van der Waals surface area contributed by atoms with Gasteiger partial charge in [0.25, 0.3) is 0 Å². The quantitative estimate of drug-likeness (QED) is 0.296. The molecule has 0 N–H and O–H groups in total. The van der Waals surface area contributed by atoms with Crippen LogP contribution in [0.5, 0.6) is 0 Å². The second-order valence-electron chi connectivity index (χ2n) is 0.236. The summed E-state index contributed by atoms with van der Waals surface area (Å²) in [6.45, 7) is 1.65. The first kappa shape index (κ1) is 8.89. The monoisotopic (exact) mass is 64.0 g/mol. The molecule has 0 aromatic carbocycles. The predicted octanol–water partition coefficient (Wildman–Crippen LogP) is -2.06. The van der Waals surface area contributed by atoms with Crippen molar-refractivity contribution >= 4 is 40.5 Å². The number of rotatable bonds is 0. The van der Waals surface area contributed by atoms with Gasteiger partial charge in [-0.2, -0.15) is 0 Å². The second-order valence-corrected chi connectivity index (χ2v) is 0.707. The molecular weight excluding hydrogens is 60.7 g/mol. The van der Waals surface area contributed by atoms with Gasteiger partial charge in [-0.15, -0.1) is 0 Å². The fourth-order valence-electron chi connectivity index (χ4n) is 0. The fraction of sp³-hybridized carbons (Fsp3) is 0. The van der Waals surface area contributed by atoms with E-state index in [-0.39, 0.29) is 18.9 Å². The van der Waals surface area contributed by atoms with Crippen molar-refractivity contribution in [2.45, 2.75) is 0 Å². The Hall–Kier alpha value is 0.995. The van der Waals surface area contributed by atoms with Gasteiger partial charge >= 0.3 is 44.3 Å². The molecular formula is H3AlBLiO. The molecule has 0 spiro atoms. The molecule has 0 aliphatic heterocycles. The van der Waals surface area contributed by atoms with Crippen molar-refractivity contribution < 1.29 is 3.80 Å². The van der Waals surface area contributed by atoms with E-state index in [0.29, 0.717) is 0 Å². The Morgan fingerprint density at radius 2 is 1.75 bits per heavy atom. The SMILES string of the molecule is [BH2][Al]=[O].[LiH]. The first-order valence-electron chi connectivity index (χ1n) is 0.813. The summed E-state index contributed by atoms with van der Waals surface area (Å²) in [4.78, 5) is 0. The minimum atomic E-state index is -0.500. The first-order valence-corrected chi connectivity index (χ1v) is 2.44. The Labute approximate surface area is 44.5 Å². The third kappa shape index (κ3) is 12.0. The molecule has 0 aromatic rings. The maximum absolute atomic E-state index is 9.01. The summed E-state index contributed by atoms with van der Waals surface area (Å²) in [7, 11) is 0. The van der Waals surface area contributed by atoms with Crippen LogP contribution in [0.15, 0.2) is 0 Å². The van der Waals surface area contributed by atoms with Crippen molar-refractivity contribution in [3.8, 4) is 0 Å². The molecule has 0 heterocycles. The second kappa shape index (κ2) is 9.00. The summed E-state index contributed by atoms with van der Waals surface area (Å²) in [5, 5.41) is 0. The van der Waals surface area contributed by atoms with Gasteiger partial charge in [0.2, 0.25) is 0 Å². The van der Waals surface area contributed by atoms with Gasteiger partial charge in [0.15, 0.2) is 0 Å². The standard InChI is InChI=1S/Al.BH2.Li.O.H/h;1H2;;;/q-1;+1;;;. The van der Waals surface area contributed by atoms with Crippen molar-refractivity contribution in [3.63, 3.8) is 0 Å². The van der Waals surface area contributed by atoms with Crippen LogP contribution in [0.25, 0.3) is 0 Å². The maximum atomic E-state index is 9.01. The topological polar surface area (TPSA) is 17.1 Å². The van der Waals surface area contributed by atoms with Gasteiger partial charge in [-0.25, -0.2) is 0 Å². The van der Waals surface area contributed by atoms with Gasteiger partial charge in [-0.1, -0.05) is 0 Å². The fourth-order valence-corrected chi connectivity index (χ4v) is 0. The Morgan fingerprint density at radius 3 is 1.75 bits per heavy atom. The molecule has 0 unspecified atom stereocenters. The van der Waals surface area contributed by atoms with Crippen LogP contribution < -0.4 is 0 Å². The van der Waals surface area contributed by atoms with Gasteiger partial charge < -0.3 is 0 Å². The molecule has 0 radical (unpaired) electrons. The zero-order valence-corrected chi connectivity index (χ0v) is 3.14. The van der Waals surface area contributed by atoms with Crippen LogP contribution >= 0.6 is 0 Å². The molecule has 16 valence electrons. The summed E-state index contributed by atoms with van der Waals surface area (Å²) in [6, 6.07) is 0. The molecule has 0 aliphatic rings. The van der Waals surface area contributed by atoms with E-state index in [1.807, 2.05) is 0 Å². The Kier molecular flexibility index (Phi) is 20.0. The van der Waals surface area contributed by atoms with E-state index >= 15 is 0 Å². The molecule has 0 fully saturated rings. The van der Waals surface area contributed by atoms with E-state index in [2.05, 4.69) is 0 Å². The van der Waals surface area contributed by atoms with Crippen LogP contribution in [-0.4, -0.2) is 40.5 Å². The van der Waals surface area contributed by atoms with Gasteiger partial charge in [0, 0.05) is 0 Å². The van der Waals surface area contributed by atoms with Crippen LogP contribution in [-0.2, 0) is 3.80 Å². The van der Waals surface area contributed by atoms with E-state index in [1.165, 1.54) is 0 Å². The van der Waals surface area contributed by atoms with E-state index in [9.17, 15) is 0 Å². The average molecular weight is 63.8 g/mol. The van der Waals surface area contributed by atoms with Crippen molar-refractivity contribution in [1.82, 2.24) is 0 Å².